The predicted octanol–water partition coefficient (Wildman–Crippen LogP) is 3.12. The third-order valence-corrected chi connectivity index (χ3v) is 5.06. The molecule has 2 heterocycles. The highest BCUT2D eigenvalue weighted by Gasteiger charge is 2.40. The van der Waals surface area contributed by atoms with Crippen molar-refractivity contribution in [3.63, 3.8) is 0 Å². The van der Waals surface area contributed by atoms with Crippen molar-refractivity contribution < 1.29 is 14.3 Å². The number of anilines is 1. The summed E-state index contributed by atoms with van der Waals surface area (Å²) in [5.74, 6) is -0.266. The Kier molecular flexibility index (Phi) is 5.33. The van der Waals surface area contributed by atoms with Gasteiger partial charge in [-0.15, -0.1) is 0 Å². The molecule has 5 nitrogen and oxygen atoms in total. The van der Waals surface area contributed by atoms with Crippen LogP contribution in [0.15, 0.2) is 12.1 Å². The first-order valence-electron chi connectivity index (χ1n) is 8.55. The highest BCUT2D eigenvalue weighted by atomic mass is 35.5. The second kappa shape index (κ2) is 7.30. The summed E-state index contributed by atoms with van der Waals surface area (Å²) in [5.41, 5.74) is 3.15. The van der Waals surface area contributed by atoms with E-state index in [1.165, 1.54) is 0 Å². The molecule has 0 saturated carbocycles. The molecule has 0 bridgehead atoms. The summed E-state index contributed by atoms with van der Waals surface area (Å²) in [7, 11) is 0. The number of halogens is 1. The van der Waals surface area contributed by atoms with E-state index in [-0.39, 0.29) is 5.91 Å². The van der Waals surface area contributed by atoms with E-state index in [1.54, 1.807) is 0 Å². The molecule has 2 aliphatic heterocycles. The molecular formula is C18H25ClN2O3. The fourth-order valence-electron chi connectivity index (χ4n) is 3.47. The van der Waals surface area contributed by atoms with Crippen molar-refractivity contribution in [1.29, 1.82) is 0 Å². The number of piperidine rings is 1. The standard InChI is InChI=1S/C18H25ClN2O3/c1-13-11-14(2)17(15(19)12-13)20-6-3-16(22)21-7-4-18(5-8-21)23-9-10-24-18/h11-12,20H,3-10H2,1-2H3. The van der Waals surface area contributed by atoms with Gasteiger partial charge in [-0.05, 0) is 31.0 Å². The molecule has 2 saturated heterocycles. The Morgan fingerprint density at radius 1 is 1.25 bits per heavy atom. The van der Waals surface area contributed by atoms with Crippen LogP contribution in [0.3, 0.4) is 0 Å². The monoisotopic (exact) mass is 352 g/mol. The number of benzene rings is 1. The minimum absolute atomic E-state index is 0.163. The maximum Gasteiger partial charge on any atom is 0.224 e. The fourth-order valence-corrected chi connectivity index (χ4v) is 3.86. The van der Waals surface area contributed by atoms with E-state index in [4.69, 9.17) is 21.1 Å². The lowest BCUT2D eigenvalue weighted by molar-refractivity contribution is -0.187. The molecule has 24 heavy (non-hydrogen) atoms. The summed E-state index contributed by atoms with van der Waals surface area (Å²) in [4.78, 5) is 14.3. The van der Waals surface area contributed by atoms with Gasteiger partial charge in [0, 0.05) is 38.9 Å². The first-order chi connectivity index (χ1) is 11.5. The Hall–Kier alpha value is -1.30. The Morgan fingerprint density at radius 2 is 1.92 bits per heavy atom. The topological polar surface area (TPSA) is 50.8 Å². The van der Waals surface area contributed by atoms with Gasteiger partial charge in [0.25, 0.3) is 0 Å². The van der Waals surface area contributed by atoms with Crippen LogP contribution in [0.2, 0.25) is 5.02 Å². The fraction of sp³-hybridized carbons (Fsp3) is 0.611. The van der Waals surface area contributed by atoms with Crippen molar-refractivity contribution in [2.24, 2.45) is 0 Å². The molecule has 0 radical (unpaired) electrons. The Balaban J connectivity index is 1.47. The van der Waals surface area contributed by atoms with E-state index in [0.717, 1.165) is 29.7 Å². The first-order valence-corrected chi connectivity index (χ1v) is 8.93. The average Bonchev–Trinajstić information content (AvgIpc) is 2.98. The normalized spacial score (nSPS) is 19.7. The lowest BCUT2D eigenvalue weighted by Crippen LogP contribution is -2.47. The molecule has 0 atom stereocenters. The molecule has 1 spiro atoms. The molecule has 0 unspecified atom stereocenters. The number of likely N-dealkylation sites (tertiary alicyclic amines) is 1. The summed E-state index contributed by atoms with van der Waals surface area (Å²) in [5, 5.41) is 4.00. The first kappa shape index (κ1) is 17.5. The van der Waals surface area contributed by atoms with Crippen LogP contribution in [0.5, 0.6) is 0 Å². The summed E-state index contributed by atoms with van der Waals surface area (Å²) >= 11 is 6.28. The van der Waals surface area contributed by atoms with Gasteiger partial charge in [0.1, 0.15) is 0 Å². The van der Waals surface area contributed by atoms with E-state index >= 15 is 0 Å². The number of rotatable bonds is 4. The zero-order chi connectivity index (χ0) is 17.2. The third-order valence-electron chi connectivity index (χ3n) is 4.76. The third kappa shape index (κ3) is 3.85. The Bertz CT molecular complexity index is 581. The van der Waals surface area contributed by atoms with Crippen molar-refractivity contribution in [2.45, 2.75) is 38.9 Å². The minimum atomic E-state index is -0.429. The molecule has 3 rings (SSSR count). The number of hydrogen-bond acceptors (Lipinski definition) is 4. The quantitative estimate of drug-likeness (QED) is 0.904. The summed E-state index contributed by atoms with van der Waals surface area (Å²) in [6.45, 7) is 7.34. The summed E-state index contributed by atoms with van der Waals surface area (Å²) < 4.78 is 11.4. The summed E-state index contributed by atoms with van der Waals surface area (Å²) in [6, 6.07) is 4.02. The smallest absolute Gasteiger partial charge is 0.224 e. The predicted molar refractivity (Wildman–Crippen MR) is 94.5 cm³/mol. The molecule has 6 heteroatoms. The average molecular weight is 353 g/mol. The van der Waals surface area contributed by atoms with Gasteiger partial charge in [0.2, 0.25) is 5.91 Å². The summed E-state index contributed by atoms with van der Waals surface area (Å²) in [6.07, 6.45) is 1.97. The molecule has 2 fully saturated rings. The number of carbonyl (C=O) groups excluding carboxylic acids is 1. The van der Waals surface area contributed by atoms with Crippen LogP contribution in [0.25, 0.3) is 0 Å². The molecule has 0 aromatic heterocycles. The van der Waals surface area contributed by atoms with Gasteiger partial charge in [-0.1, -0.05) is 17.7 Å². The van der Waals surface area contributed by atoms with E-state index in [9.17, 15) is 4.79 Å². The van der Waals surface area contributed by atoms with Crippen LogP contribution in [-0.2, 0) is 14.3 Å². The van der Waals surface area contributed by atoms with Gasteiger partial charge in [-0.3, -0.25) is 4.79 Å². The zero-order valence-electron chi connectivity index (χ0n) is 14.4. The van der Waals surface area contributed by atoms with Crippen LogP contribution in [0, 0.1) is 13.8 Å². The van der Waals surface area contributed by atoms with Crippen LogP contribution in [0.1, 0.15) is 30.4 Å². The maximum absolute atomic E-state index is 12.4. The van der Waals surface area contributed by atoms with Crippen LogP contribution in [0.4, 0.5) is 5.69 Å². The van der Waals surface area contributed by atoms with Crippen LogP contribution in [-0.4, -0.2) is 49.4 Å². The number of nitrogens with zero attached hydrogens (tertiary/aromatic N) is 1. The van der Waals surface area contributed by atoms with Crippen molar-refractivity contribution in [3.8, 4) is 0 Å². The Labute approximate surface area is 148 Å². The van der Waals surface area contributed by atoms with Gasteiger partial charge < -0.3 is 19.7 Å². The van der Waals surface area contributed by atoms with Gasteiger partial charge in [-0.25, -0.2) is 0 Å². The molecule has 1 N–H and O–H groups in total. The zero-order valence-corrected chi connectivity index (χ0v) is 15.1. The van der Waals surface area contributed by atoms with E-state index in [1.807, 2.05) is 24.8 Å². The molecule has 132 valence electrons. The number of amides is 1. The van der Waals surface area contributed by atoms with Crippen molar-refractivity contribution in [1.82, 2.24) is 4.90 Å². The molecule has 0 aliphatic carbocycles. The molecule has 1 aromatic rings. The largest absolute Gasteiger partial charge is 0.383 e. The number of carbonyl (C=O) groups is 1. The molecule has 1 aromatic carbocycles. The number of ether oxygens (including phenoxy) is 2. The number of hydrogen-bond donors (Lipinski definition) is 1. The van der Waals surface area contributed by atoms with Gasteiger partial charge in [-0.2, -0.15) is 0 Å². The maximum atomic E-state index is 12.4. The second-order valence-corrected chi connectivity index (χ2v) is 7.01. The Morgan fingerprint density at radius 3 is 2.54 bits per heavy atom. The van der Waals surface area contributed by atoms with Gasteiger partial charge in [0.05, 0.1) is 23.9 Å². The van der Waals surface area contributed by atoms with Crippen molar-refractivity contribution in [2.75, 3.05) is 38.2 Å². The van der Waals surface area contributed by atoms with Gasteiger partial charge >= 0.3 is 0 Å². The lowest BCUT2D eigenvalue weighted by atomic mass is 10.0. The SMILES string of the molecule is Cc1cc(C)c(NCCC(=O)N2CCC3(CC2)OCCO3)c(Cl)c1. The molecule has 1 amide bonds. The lowest BCUT2D eigenvalue weighted by Gasteiger charge is -2.37. The minimum Gasteiger partial charge on any atom is -0.383 e. The van der Waals surface area contributed by atoms with E-state index < -0.39 is 5.79 Å². The molecular weight excluding hydrogens is 328 g/mol. The van der Waals surface area contributed by atoms with Crippen molar-refractivity contribution >= 4 is 23.2 Å². The highest BCUT2D eigenvalue weighted by Crippen LogP contribution is 2.31. The molecule has 2 aliphatic rings. The van der Waals surface area contributed by atoms with Crippen LogP contribution >= 0.6 is 11.6 Å². The second-order valence-electron chi connectivity index (χ2n) is 6.60. The highest BCUT2D eigenvalue weighted by molar-refractivity contribution is 6.33. The van der Waals surface area contributed by atoms with Crippen molar-refractivity contribution in [3.05, 3.63) is 28.3 Å². The number of nitrogens with one attached hydrogen (secondary N) is 1. The van der Waals surface area contributed by atoms with Gasteiger partial charge in [0.15, 0.2) is 5.79 Å². The number of aryl methyl sites for hydroxylation is 2. The van der Waals surface area contributed by atoms with E-state index in [2.05, 4.69) is 11.4 Å². The van der Waals surface area contributed by atoms with E-state index in [0.29, 0.717) is 44.3 Å². The van der Waals surface area contributed by atoms with Crippen LogP contribution < -0.4 is 5.32 Å².